The van der Waals surface area contributed by atoms with E-state index in [0.717, 1.165) is 43.0 Å². The molecule has 2 N–H and O–H groups in total. The molecule has 2 aromatic rings. The van der Waals surface area contributed by atoms with Crippen LogP contribution in [-0.4, -0.2) is 39.2 Å². The zero-order chi connectivity index (χ0) is 16.2. The third kappa shape index (κ3) is 3.77. The van der Waals surface area contributed by atoms with Crippen LogP contribution in [0.1, 0.15) is 45.4 Å². The average molecular weight is 332 g/mol. The summed E-state index contributed by atoms with van der Waals surface area (Å²) in [5, 5.41) is 20.9. The molecule has 0 spiro atoms. The number of hydrogen-bond donors (Lipinski definition) is 2. The zero-order valence-corrected chi connectivity index (χ0v) is 13.6. The lowest BCUT2D eigenvalue weighted by molar-refractivity contribution is 0.0691. The quantitative estimate of drug-likeness (QED) is 0.881. The van der Waals surface area contributed by atoms with Crippen LogP contribution in [0.25, 0.3) is 0 Å². The van der Waals surface area contributed by atoms with E-state index in [0.29, 0.717) is 5.92 Å². The molecule has 1 aliphatic heterocycles. The predicted molar refractivity (Wildman–Crippen MR) is 88.7 cm³/mol. The number of likely N-dealkylation sites (tertiary alicyclic amines) is 1. The number of carboxylic acid groups (broad SMARTS) is 1. The molecular weight excluding hydrogens is 312 g/mol. The largest absolute Gasteiger partial charge is 0.476 e. The Morgan fingerprint density at radius 1 is 1.26 bits per heavy atom. The molecule has 0 aliphatic carbocycles. The van der Waals surface area contributed by atoms with E-state index in [4.69, 9.17) is 5.11 Å². The first-order valence-corrected chi connectivity index (χ1v) is 8.64. The molecular formula is C17H20N2O3S. The number of aliphatic hydroxyl groups is 1. The number of rotatable bonds is 5. The SMILES string of the molecule is O=C(O)c1csc(C2CCN(Cc3ccccc3CO)CC2)n1. The third-order valence-electron chi connectivity index (χ3n) is 4.36. The molecule has 0 unspecified atom stereocenters. The molecule has 1 aromatic heterocycles. The van der Waals surface area contributed by atoms with Crippen LogP contribution in [0, 0.1) is 0 Å². The monoisotopic (exact) mass is 332 g/mol. The van der Waals surface area contributed by atoms with E-state index < -0.39 is 5.97 Å². The second kappa shape index (κ2) is 7.21. The van der Waals surface area contributed by atoms with Crippen molar-refractivity contribution in [3.8, 4) is 0 Å². The van der Waals surface area contributed by atoms with Crippen molar-refractivity contribution in [3.05, 3.63) is 51.5 Å². The van der Waals surface area contributed by atoms with Gasteiger partial charge in [0.2, 0.25) is 0 Å². The Morgan fingerprint density at radius 2 is 1.96 bits per heavy atom. The lowest BCUT2D eigenvalue weighted by atomic mass is 9.96. The first-order chi connectivity index (χ1) is 11.2. The van der Waals surface area contributed by atoms with Crippen LogP contribution in [0.2, 0.25) is 0 Å². The van der Waals surface area contributed by atoms with Crippen LogP contribution in [0.15, 0.2) is 29.6 Å². The number of carboxylic acids is 1. The summed E-state index contributed by atoms with van der Waals surface area (Å²) in [6.07, 6.45) is 1.99. The molecule has 5 nitrogen and oxygen atoms in total. The molecule has 1 aliphatic rings. The number of hydrogen-bond acceptors (Lipinski definition) is 5. The Balaban J connectivity index is 1.58. The van der Waals surface area contributed by atoms with Gasteiger partial charge in [-0.05, 0) is 37.1 Å². The summed E-state index contributed by atoms with van der Waals surface area (Å²) in [4.78, 5) is 17.6. The number of nitrogens with zero attached hydrogens (tertiary/aromatic N) is 2. The Kier molecular flexibility index (Phi) is 5.05. The lowest BCUT2D eigenvalue weighted by Gasteiger charge is -2.31. The van der Waals surface area contributed by atoms with Crippen molar-refractivity contribution >= 4 is 17.3 Å². The van der Waals surface area contributed by atoms with Gasteiger partial charge in [0.15, 0.2) is 5.69 Å². The van der Waals surface area contributed by atoms with Crippen molar-refractivity contribution in [1.82, 2.24) is 9.88 Å². The fourth-order valence-corrected chi connectivity index (χ4v) is 3.98. The van der Waals surface area contributed by atoms with E-state index in [2.05, 4.69) is 16.0 Å². The van der Waals surface area contributed by atoms with Gasteiger partial charge in [0.25, 0.3) is 0 Å². The molecule has 1 aromatic carbocycles. The second-order valence-electron chi connectivity index (χ2n) is 5.85. The number of aromatic nitrogens is 1. The minimum absolute atomic E-state index is 0.0731. The van der Waals surface area contributed by atoms with Gasteiger partial charge in [-0.15, -0.1) is 11.3 Å². The zero-order valence-electron chi connectivity index (χ0n) is 12.8. The molecule has 6 heteroatoms. The van der Waals surface area contributed by atoms with Gasteiger partial charge >= 0.3 is 5.97 Å². The highest BCUT2D eigenvalue weighted by Crippen LogP contribution is 2.31. The van der Waals surface area contributed by atoms with Crippen LogP contribution in [-0.2, 0) is 13.2 Å². The summed E-state index contributed by atoms with van der Waals surface area (Å²) in [6.45, 7) is 2.85. The average Bonchev–Trinajstić information content (AvgIpc) is 3.06. The van der Waals surface area contributed by atoms with Gasteiger partial charge in [-0.2, -0.15) is 0 Å². The minimum Gasteiger partial charge on any atom is -0.476 e. The normalized spacial score (nSPS) is 16.6. The summed E-state index contributed by atoms with van der Waals surface area (Å²) >= 11 is 1.45. The van der Waals surface area contributed by atoms with Crippen LogP contribution >= 0.6 is 11.3 Å². The molecule has 2 heterocycles. The standard InChI is InChI=1S/C17H20N2O3S/c20-10-14-4-2-1-3-13(14)9-19-7-5-12(6-8-19)16-18-15(11-23-16)17(21)22/h1-4,11-12,20H,5-10H2,(H,21,22). The Bertz CT molecular complexity index is 678. The number of thiazole rings is 1. The van der Waals surface area contributed by atoms with Gasteiger partial charge in [-0.1, -0.05) is 24.3 Å². The maximum absolute atomic E-state index is 10.9. The Hall–Kier alpha value is -1.76. The number of aliphatic hydroxyl groups excluding tert-OH is 1. The minimum atomic E-state index is -0.953. The van der Waals surface area contributed by atoms with Gasteiger partial charge in [-0.25, -0.2) is 9.78 Å². The Labute approximate surface area is 139 Å². The van der Waals surface area contributed by atoms with Crippen LogP contribution in [0.5, 0.6) is 0 Å². The molecule has 0 amide bonds. The highest BCUT2D eigenvalue weighted by molar-refractivity contribution is 7.09. The highest BCUT2D eigenvalue weighted by atomic mass is 32.1. The predicted octanol–water partition coefficient (Wildman–Crippen LogP) is 2.71. The van der Waals surface area contributed by atoms with E-state index in [9.17, 15) is 9.90 Å². The summed E-state index contributed by atoms with van der Waals surface area (Å²) in [6, 6.07) is 7.98. The van der Waals surface area contributed by atoms with E-state index in [-0.39, 0.29) is 12.3 Å². The molecule has 0 atom stereocenters. The van der Waals surface area contributed by atoms with Crippen molar-refractivity contribution < 1.29 is 15.0 Å². The van der Waals surface area contributed by atoms with Gasteiger partial charge < -0.3 is 10.2 Å². The topological polar surface area (TPSA) is 73.7 Å². The third-order valence-corrected chi connectivity index (χ3v) is 5.37. The van der Waals surface area contributed by atoms with Gasteiger partial charge in [0.1, 0.15) is 0 Å². The molecule has 1 saturated heterocycles. The van der Waals surface area contributed by atoms with E-state index in [1.165, 1.54) is 16.9 Å². The number of benzene rings is 1. The summed E-state index contributed by atoms with van der Waals surface area (Å²) in [5.41, 5.74) is 2.32. The van der Waals surface area contributed by atoms with E-state index in [1.807, 2.05) is 18.2 Å². The number of carbonyl (C=O) groups is 1. The molecule has 122 valence electrons. The van der Waals surface area contributed by atoms with E-state index >= 15 is 0 Å². The van der Waals surface area contributed by atoms with Gasteiger partial charge in [0.05, 0.1) is 11.6 Å². The fraction of sp³-hybridized carbons (Fsp3) is 0.412. The van der Waals surface area contributed by atoms with Crippen LogP contribution in [0.3, 0.4) is 0 Å². The molecule has 23 heavy (non-hydrogen) atoms. The van der Waals surface area contributed by atoms with Crippen molar-refractivity contribution in [3.63, 3.8) is 0 Å². The lowest BCUT2D eigenvalue weighted by Crippen LogP contribution is -2.32. The van der Waals surface area contributed by atoms with E-state index in [1.54, 1.807) is 5.38 Å². The van der Waals surface area contributed by atoms with Crippen molar-refractivity contribution in [2.75, 3.05) is 13.1 Å². The summed E-state index contributed by atoms with van der Waals surface area (Å²) in [7, 11) is 0. The maximum atomic E-state index is 10.9. The van der Waals surface area contributed by atoms with Crippen LogP contribution in [0.4, 0.5) is 0 Å². The molecule has 0 radical (unpaired) electrons. The highest BCUT2D eigenvalue weighted by Gasteiger charge is 2.24. The smallest absolute Gasteiger partial charge is 0.355 e. The van der Waals surface area contributed by atoms with Gasteiger partial charge in [0, 0.05) is 17.8 Å². The second-order valence-corrected chi connectivity index (χ2v) is 6.74. The first-order valence-electron chi connectivity index (χ1n) is 7.76. The van der Waals surface area contributed by atoms with Gasteiger partial charge in [-0.3, -0.25) is 4.90 Å². The first kappa shape index (κ1) is 16.1. The van der Waals surface area contributed by atoms with Crippen LogP contribution < -0.4 is 0 Å². The Morgan fingerprint density at radius 3 is 2.57 bits per heavy atom. The summed E-state index contributed by atoms with van der Waals surface area (Å²) in [5.74, 6) is -0.594. The summed E-state index contributed by atoms with van der Waals surface area (Å²) < 4.78 is 0. The van der Waals surface area contributed by atoms with Crippen molar-refractivity contribution in [2.24, 2.45) is 0 Å². The fourth-order valence-electron chi connectivity index (χ4n) is 3.02. The van der Waals surface area contributed by atoms with Crippen molar-refractivity contribution in [2.45, 2.75) is 31.9 Å². The maximum Gasteiger partial charge on any atom is 0.355 e. The molecule has 0 bridgehead atoms. The molecule has 1 fully saturated rings. The molecule has 0 saturated carbocycles. The number of piperidine rings is 1. The molecule has 3 rings (SSSR count). The van der Waals surface area contributed by atoms with Crippen molar-refractivity contribution in [1.29, 1.82) is 0 Å². The number of aromatic carboxylic acids is 1.